The Labute approximate surface area is 399 Å². The van der Waals surface area contributed by atoms with Gasteiger partial charge in [-0.2, -0.15) is 0 Å². The third-order valence-electron chi connectivity index (χ3n) is 13.3. The lowest BCUT2D eigenvalue weighted by atomic mass is 10.0. The number of ether oxygens (including phenoxy) is 3. The number of carbonyl (C=O) groups is 3. The number of hydrogen-bond acceptors (Lipinski definition) is 6. The van der Waals surface area contributed by atoms with Gasteiger partial charge in [-0.15, -0.1) is 0 Å². The highest BCUT2D eigenvalue weighted by molar-refractivity contribution is 5.71. The van der Waals surface area contributed by atoms with Gasteiger partial charge in [-0.1, -0.05) is 291 Å². The molecule has 0 fully saturated rings. The zero-order valence-electron chi connectivity index (χ0n) is 43.8. The summed E-state index contributed by atoms with van der Waals surface area (Å²) < 4.78 is 16.9. The van der Waals surface area contributed by atoms with E-state index in [0.717, 1.165) is 63.7 Å². The molecule has 380 valence electrons. The van der Waals surface area contributed by atoms with Crippen molar-refractivity contribution in [2.24, 2.45) is 5.92 Å². The molecule has 0 saturated heterocycles. The van der Waals surface area contributed by atoms with Crippen LogP contribution in [0.4, 0.5) is 0 Å². The summed E-state index contributed by atoms with van der Waals surface area (Å²) in [6.45, 7) is 9.07. The van der Waals surface area contributed by atoms with E-state index in [1.54, 1.807) is 0 Å². The van der Waals surface area contributed by atoms with E-state index in [2.05, 4.69) is 27.7 Å². The second-order valence-electron chi connectivity index (χ2n) is 20.4. The van der Waals surface area contributed by atoms with Crippen LogP contribution in [-0.4, -0.2) is 37.2 Å². The van der Waals surface area contributed by atoms with Gasteiger partial charge in [0.05, 0.1) is 0 Å². The fraction of sp³-hybridized carbons (Fsp3) is 0.948. The Morgan fingerprint density at radius 2 is 0.516 bits per heavy atom. The highest BCUT2D eigenvalue weighted by atomic mass is 16.6. The Morgan fingerprint density at radius 1 is 0.297 bits per heavy atom. The molecule has 0 bridgehead atoms. The summed E-state index contributed by atoms with van der Waals surface area (Å²) in [4.78, 5) is 38.1. The molecule has 0 spiro atoms. The van der Waals surface area contributed by atoms with Crippen LogP contribution in [0.1, 0.15) is 329 Å². The van der Waals surface area contributed by atoms with Crippen LogP contribution in [0.25, 0.3) is 0 Å². The molecule has 64 heavy (non-hydrogen) atoms. The minimum Gasteiger partial charge on any atom is -0.462 e. The van der Waals surface area contributed by atoms with Gasteiger partial charge in [0.25, 0.3) is 0 Å². The summed E-state index contributed by atoms with van der Waals surface area (Å²) in [7, 11) is 0. The first-order chi connectivity index (χ1) is 31.4. The summed E-state index contributed by atoms with van der Waals surface area (Å²) in [6.07, 6.45) is 56.6. The molecule has 0 aliphatic carbocycles. The van der Waals surface area contributed by atoms with Crippen molar-refractivity contribution in [2.75, 3.05) is 13.2 Å². The molecule has 0 unspecified atom stereocenters. The molecule has 1 atom stereocenters. The molecule has 6 nitrogen and oxygen atoms in total. The molecule has 0 heterocycles. The second kappa shape index (κ2) is 52.4. The topological polar surface area (TPSA) is 78.9 Å². The summed E-state index contributed by atoms with van der Waals surface area (Å²) in [6, 6.07) is 0. The van der Waals surface area contributed by atoms with E-state index in [-0.39, 0.29) is 31.1 Å². The normalized spacial score (nSPS) is 12.0. The molecule has 0 rings (SSSR count). The Hall–Kier alpha value is -1.59. The molecule has 0 aliphatic heterocycles. The third kappa shape index (κ3) is 51.4. The van der Waals surface area contributed by atoms with Crippen molar-refractivity contribution in [3.05, 3.63) is 0 Å². The lowest BCUT2D eigenvalue weighted by molar-refractivity contribution is -0.167. The van der Waals surface area contributed by atoms with E-state index in [4.69, 9.17) is 14.2 Å². The lowest BCUT2D eigenvalue weighted by Crippen LogP contribution is -2.30. The first kappa shape index (κ1) is 62.4. The van der Waals surface area contributed by atoms with E-state index in [1.165, 1.54) is 225 Å². The van der Waals surface area contributed by atoms with Gasteiger partial charge in [0.2, 0.25) is 0 Å². The fourth-order valence-corrected chi connectivity index (χ4v) is 8.92. The summed E-state index contributed by atoms with van der Waals surface area (Å²) in [5, 5.41) is 0. The second-order valence-corrected chi connectivity index (χ2v) is 20.4. The van der Waals surface area contributed by atoms with E-state index >= 15 is 0 Å². The van der Waals surface area contributed by atoms with Crippen LogP contribution in [0, 0.1) is 5.92 Å². The Balaban J connectivity index is 4.27. The van der Waals surface area contributed by atoms with Crippen molar-refractivity contribution in [3.63, 3.8) is 0 Å². The van der Waals surface area contributed by atoms with Crippen LogP contribution in [0.2, 0.25) is 0 Å². The predicted molar refractivity (Wildman–Crippen MR) is 275 cm³/mol. The van der Waals surface area contributed by atoms with Gasteiger partial charge in [-0.25, -0.2) is 0 Å². The van der Waals surface area contributed by atoms with Gasteiger partial charge in [-0.3, -0.25) is 14.4 Å². The standard InChI is InChI=1S/C58H112O6/c1-5-7-9-11-13-15-17-19-20-23-27-31-35-39-43-47-51-58(61)64-55(52-62-56(59)49-45-41-37-33-29-18-16-14-12-10-8-6-2)53-63-57(60)50-46-42-38-34-30-26-24-21-22-25-28-32-36-40-44-48-54(3)4/h54-55H,5-53H2,1-4H3/t55-/m0/s1. The molecular weight excluding hydrogens is 793 g/mol. The largest absolute Gasteiger partial charge is 0.462 e. The highest BCUT2D eigenvalue weighted by Crippen LogP contribution is 2.18. The first-order valence-electron chi connectivity index (χ1n) is 28.9. The van der Waals surface area contributed by atoms with Gasteiger partial charge in [0.15, 0.2) is 6.10 Å². The molecule has 0 amide bonds. The molecular formula is C58H112O6. The SMILES string of the molecule is CCCCCCCCCCCCCCCCCCC(=O)O[C@@H](COC(=O)CCCCCCCCCCCCCC)COC(=O)CCCCCCCCCCCCCCCCCC(C)C. The van der Waals surface area contributed by atoms with Crippen molar-refractivity contribution < 1.29 is 28.6 Å². The minimum absolute atomic E-state index is 0.0618. The Morgan fingerprint density at radius 3 is 0.766 bits per heavy atom. The zero-order valence-corrected chi connectivity index (χ0v) is 43.8. The van der Waals surface area contributed by atoms with E-state index in [9.17, 15) is 14.4 Å². The summed E-state index contributed by atoms with van der Waals surface area (Å²) in [5.41, 5.74) is 0. The maximum atomic E-state index is 12.8. The molecule has 0 aromatic carbocycles. The summed E-state index contributed by atoms with van der Waals surface area (Å²) in [5.74, 6) is 0.0139. The van der Waals surface area contributed by atoms with Crippen LogP contribution in [0.5, 0.6) is 0 Å². The van der Waals surface area contributed by atoms with Gasteiger partial charge in [0.1, 0.15) is 13.2 Å². The van der Waals surface area contributed by atoms with Crippen molar-refractivity contribution >= 4 is 17.9 Å². The molecule has 0 saturated carbocycles. The smallest absolute Gasteiger partial charge is 0.306 e. The van der Waals surface area contributed by atoms with Gasteiger partial charge < -0.3 is 14.2 Å². The van der Waals surface area contributed by atoms with Crippen LogP contribution < -0.4 is 0 Å². The highest BCUT2D eigenvalue weighted by Gasteiger charge is 2.19. The van der Waals surface area contributed by atoms with Crippen molar-refractivity contribution in [1.29, 1.82) is 0 Å². The number of carbonyl (C=O) groups excluding carboxylic acids is 3. The predicted octanol–water partition coefficient (Wildman–Crippen LogP) is 19.0. The molecule has 0 radical (unpaired) electrons. The molecule has 6 heteroatoms. The molecule has 0 aromatic rings. The minimum atomic E-state index is -0.761. The monoisotopic (exact) mass is 905 g/mol. The van der Waals surface area contributed by atoms with Crippen LogP contribution in [0.15, 0.2) is 0 Å². The van der Waals surface area contributed by atoms with Crippen molar-refractivity contribution in [3.8, 4) is 0 Å². The Bertz CT molecular complexity index is 964. The average molecular weight is 906 g/mol. The zero-order chi connectivity index (χ0) is 46.7. The van der Waals surface area contributed by atoms with Crippen LogP contribution in [0.3, 0.4) is 0 Å². The third-order valence-corrected chi connectivity index (χ3v) is 13.3. The van der Waals surface area contributed by atoms with E-state index < -0.39 is 6.10 Å². The number of hydrogen-bond donors (Lipinski definition) is 0. The maximum Gasteiger partial charge on any atom is 0.306 e. The Kier molecular flexibility index (Phi) is 51.1. The van der Waals surface area contributed by atoms with Crippen LogP contribution >= 0.6 is 0 Å². The average Bonchev–Trinajstić information content (AvgIpc) is 3.28. The van der Waals surface area contributed by atoms with Gasteiger partial charge in [-0.05, 0) is 25.2 Å². The molecule has 0 aromatic heterocycles. The molecule has 0 N–H and O–H groups in total. The van der Waals surface area contributed by atoms with Crippen LogP contribution in [-0.2, 0) is 28.6 Å². The van der Waals surface area contributed by atoms with Gasteiger partial charge in [0, 0.05) is 19.3 Å². The quantitative estimate of drug-likeness (QED) is 0.0344. The van der Waals surface area contributed by atoms with E-state index in [1.807, 2.05) is 0 Å². The summed E-state index contributed by atoms with van der Waals surface area (Å²) >= 11 is 0. The fourth-order valence-electron chi connectivity index (χ4n) is 8.92. The first-order valence-corrected chi connectivity index (χ1v) is 28.9. The number of unbranched alkanes of at least 4 members (excludes halogenated alkanes) is 40. The molecule has 0 aliphatic rings. The van der Waals surface area contributed by atoms with E-state index in [0.29, 0.717) is 19.3 Å². The number of rotatable bonds is 53. The van der Waals surface area contributed by atoms with Crippen molar-refractivity contribution in [1.82, 2.24) is 0 Å². The number of esters is 3. The van der Waals surface area contributed by atoms with Crippen molar-refractivity contribution in [2.45, 2.75) is 336 Å². The maximum absolute atomic E-state index is 12.8. The van der Waals surface area contributed by atoms with Gasteiger partial charge >= 0.3 is 17.9 Å². The lowest BCUT2D eigenvalue weighted by Gasteiger charge is -2.18.